The Morgan fingerprint density at radius 1 is 1.47 bits per heavy atom. The quantitative estimate of drug-likeness (QED) is 0.787. The fourth-order valence-electron chi connectivity index (χ4n) is 1.57. The average molecular weight is 237 g/mol. The van der Waals surface area contributed by atoms with Crippen molar-refractivity contribution in [2.75, 3.05) is 13.7 Å². The lowest BCUT2D eigenvalue weighted by atomic mass is 10.1. The molecule has 94 valence electrons. The fraction of sp³-hybridized carbons (Fsp3) is 0.462. The van der Waals surface area contributed by atoms with Crippen LogP contribution < -0.4 is 5.32 Å². The molecule has 0 aliphatic heterocycles. The van der Waals surface area contributed by atoms with Crippen LogP contribution in [0.4, 0.5) is 0 Å². The first-order valence-electron chi connectivity index (χ1n) is 5.72. The minimum atomic E-state index is -0.101. The van der Waals surface area contributed by atoms with E-state index in [4.69, 9.17) is 4.74 Å². The summed E-state index contributed by atoms with van der Waals surface area (Å²) in [6, 6.07) is 6.88. The Morgan fingerprint density at radius 3 is 2.76 bits per heavy atom. The summed E-state index contributed by atoms with van der Waals surface area (Å²) in [4.78, 5) is 11.7. The molecule has 1 amide bonds. The second-order valence-electron chi connectivity index (χ2n) is 3.93. The first kappa shape index (κ1) is 13.5. The molecule has 1 unspecified atom stereocenters. The van der Waals surface area contributed by atoms with Gasteiger partial charge in [-0.2, -0.15) is 0 Å². The third-order valence-electron chi connectivity index (χ3n) is 2.57. The maximum absolute atomic E-state index is 11.7. The van der Waals surface area contributed by atoms with Gasteiger partial charge in [0.25, 0.3) is 0 Å². The summed E-state index contributed by atoms with van der Waals surface area (Å²) >= 11 is 0. The van der Waals surface area contributed by atoms with Gasteiger partial charge < -0.3 is 15.2 Å². The zero-order valence-corrected chi connectivity index (χ0v) is 10.3. The van der Waals surface area contributed by atoms with E-state index < -0.39 is 0 Å². The van der Waals surface area contributed by atoms with Gasteiger partial charge in [-0.3, -0.25) is 4.79 Å². The third-order valence-corrected chi connectivity index (χ3v) is 2.57. The molecule has 4 nitrogen and oxygen atoms in total. The van der Waals surface area contributed by atoms with Crippen molar-refractivity contribution in [2.45, 2.75) is 25.8 Å². The van der Waals surface area contributed by atoms with E-state index in [1.807, 2.05) is 6.92 Å². The van der Waals surface area contributed by atoms with Crippen LogP contribution in [0.25, 0.3) is 0 Å². The van der Waals surface area contributed by atoms with Gasteiger partial charge in [0.2, 0.25) is 5.91 Å². The molecule has 17 heavy (non-hydrogen) atoms. The SMILES string of the molecule is CCC(COC)NC(=O)Cc1ccccc1O. The molecule has 0 aliphatic carbocycles. The molecule has 0 radical (unpaired) electrons. The summed E-state index contributed by atoms with van der Waals surface area (Å²) in [5, 5.41) is 12.4. The molecular weight excluding hydrogens is 218 g/mol. The molecule has 1 aromatic carbocycles. The van der Waals surface area contributed by atoms with Crippen molar-refractivity contribution in [1.82, 2.24) is 5.32 Å². The van der Waals surface area contributed by atoms with E-state index in [9.17, 15) is 9.90 Å². The predicted octanol–water partition coefficient (Wildman–Crippen LogP) is 1.48. The zero-order valence-electron chi connectivity index (χ0n) is 10.3. The molecule has 0 aliphatic rings. The summed E-state index contributed by atoms with van der Waals surface area (Å²) in [6.07, 6.45) is 1.01. The largest absolute Gasteiger partial charge is 0.508 e. The normalized spacial score (nSPS) is 12.1. The summed E-state index contributed by atoms with van der Waals surface area (Å²) in [5.74, 6) is 0.0536. The van der Waals surface area contributed by atoms with Gasteiger partial charge in [0.15, 0.2) is 0 Å². The second kappa shape index (κ2) is 6.91. The third kappa shape index (κ3) is 4.44. The zero-order chi connectivity index (χ0) is 12.7. The molecule has 0 fully saturated rings. The lowest BCUT2D eigenvalue weighted by Crippen LogP contribution is -2.38. The number of carbonyl (C=O) groups is 1. The highest BCUT2D eigenvalue weighted by atomic mass is 16.5. The van der Waals surface area contributed by atoms with Crippen LogP contribution in [0, 0.1) is 0 Å². The molecule has 0 bridgehead atoms. The molecule has 0 heterocycles. The van der Waals surface area contributed by atoms with Crippen molar-refractivity contribution >= 4 is 5.91 Å². The highest BCUT2D eigenvalue weighted by Gasteiger charge is 2.11. The first-order valence-corrected chi connectivity index (χ1v) is 5.72. The molecule has 1 aromatic rings. The molecular formula is C13H19NO3. The lowest BCUT2D eigenvalue weighted by molar-refractivity contribution is -0.121. The molecule has 1 atom stereocenters. The Balaban J connectivity index is 2.52. The monoisotopic (exact) mass is 237 g/mol. The van der Waals surface area contributed by atoms with E-state index in [0.29, 0.717) is 12.2 Å². The summed E-state index contributed by atoms with van der Waals surface area (Å²) in [5.41, 5.74) is 0.636. The number of rotatable bonds is 6. The summed E-state index contributed by atoms with van der Waals surface area (Å²) in [6.45, 7) is 2.49. The Labute approximate surface area is 102 Å². The van der Waals surface area contributed by atoms with Crippen LogP contribution in [0.5, 0.6) is 5.75 Å². The standard InChI is InChI=1S/C13H19NO3/c1-3-11(9-17-2)14-13(16)8-10-6-4-5-7-12(10)15/h4-7,11,15H,3,8-9H2,1-2H3,(H,14,16). The molecule has 1 rings (SSSR count). The Bertz CT molecular complexity index is 365. The second-order valence-corrected chi connectivity index (χ2v) is 3.93. The van der Waals surface area contributed by atoms with Crippen LogP contribution in [0.15, 0.2) is 24.3 Å². The maximum atomic E-state index is 11.7. The van der Waals surface area contributed by atoms with Crippen molar-refractivity contribution in [3.63, 3.8) is 0 Å². The van der Waals surface area contributed by atoms with Crippen LogP contribution in [0.3, 0.4) is 0 Å². The van der Waals surface area contributed by atoms with Gasteiger partial charge in [0.1, 0.15) is 5.75 Å². The number of amides is 1. The van der Waals surface area contributed by atoms with Crippen LogP contribution in [0.2, 0.25) is 0 Å². The summed E-state index contributed by atoms with van der Waals surface area (Å²) in [7, 11) is 1.61. The minimum absolute atomic E-state index is 0.0263. The van der Waals surface area contributed by atoms with Gasteiger partial charge in [-0.15, -0.1) is 0 Å². The number of phenols is 1. The number of carbonyl (C=O) groups excluding carboxylic acids is 1. The van der Waals surface area contributed by atoms with Crippen LogP contribution in [-0.2, 0) is 16.0 Å². The van der Waals surface area contributed by atoms with Gasteiger partial charge in [-0.05, 0) is 12.5 Å². The van der Waals surface area contributed by atoms with E-state index in [2.05, 4.69) is 5.32 Å². The molecule has 4 heteroatoms. The van der Waals surface area contributed by atoms with Gasteiger partial charge in [-0.1, -0.05) is 25.1 Å². The Kier molecular flexibility index (Phi) is 5.49. The first-order chi connectivity index (χ1) is 8.17. The van der Waals surface area contributed by atoms with Crippen molar-refractivity contribution in [1.29, 1.82) is 0 Å². The van der Waals surface area contributed by atoms with Crippen LogP contribution in [-0.4, -0.2) is 30.8 Å². The molecule has 0 aromatic heterocycles. The van der Waals surface area contributed by atoms with Gasteiger partial charge in [-0.25, -0.2) is 0 Å². The van der Waals surface area contributed by atoms with Gasteiger partial charge in [0, 0.05) is 12.7 Å². The molecule has 2 N–H and O–H groups in total. The number of hydrogen-bond acceptors (Lipinski definition) is 3. The van der Waals surface area contributed by atoms with E-state index in [0.717, 1.165) is 6.42 Å². The fourth-order valence-corrected chi connectivity index (χ4v) is 1.57. The highest BCUT2D eigenvalue weighted by molar-refractivity contribution is 5.79. The van der Waals surface area contributed by atoms with E-state index in [-0.39, 0.29) is 24.1 Å². The van der Waals surface area contributed by atoms with Crippen molar-refractivity contribution in [3.8, 4) is 5.75 Å². The molecule has 0 saturated carbocycles. The summed E-state index contributed by atoms with van der Waals surface area (Å²) < 4.78 is 5.01. The number of hydrogen-bond donors (Lipinski definition) is 2. The minimum Gasteiger partial charge on any atom is -0.508 e. The molecule has 0 spiro atoms. The predicted molar refractivity (Wildman–Crippen MR) is 65.9 cm³/mol. The smallest absolute Gasteiger partial charge is 0.224 e. The van der Waals surface area contributed by atoms with E-state index in [1.54, 1.807) is 31.4 Å². The maximum Gasteiger partial charge on any atom is 0.224 e. The van der Waals surface area contributed by atoms with Gasteiger partial charge >= 0.3 is 0 Å². The van der Waals surface area contributed by atoms with Crippen molar-refractivity contribution < 1.29 is 14.6 Å². The average Bonchev–Trinajstić information content (AvgIpc) is 2.31. The lowest BCUT2D eigenvalue weighted by Gasteiger charge is -2.16. The van der Waals surface area contributed by atoms with Gasteiger partial charge in [0.05, 0.1) is 19.1 Å². The Hall–Kier alpha value is -1.55. The highest BCUT2D eigenvalue weighted by Crippen LogP contribution is 2.15. The molecule has 0 saturated heterocycles. The van der Waals surface area contributed by atoms with E-state index in [1.165, 1.54) is 0 Å². The van der Waals surface area contributed by atoms with Crippen LogP contribution in [0.1, 0.15) is 18.9 Å². The number of ether oxygens (including phenoxy) is 1. The van der Waals surface area contributed by atoms with Crippen molar-refractivity contribution in [3.05, 3.63) is 29.8 Å². The number of aromatic hydroxyl groups is 1. The topological polar surface area (TPSA) is 58.6 Å². The number of nitrogens with one attached hydrogen (secondary N) is 1. The number of methoxy groups -OCH3 is 1. The number of phenolic OH excluding ortho intramolecular Hbond substituents is 1. The van der Waals surface area contributed by atoms with Crippen molar-refractivity contribution in [2.24, 2.45) is 0 Å². The number of benzene rings is 1. The number of para-hydroxylation sites is 1. The van der Waals surface area contributed by atoms with E-state index >= 15 is 0 Å². The van der Waals surface area contributed by atoms with Crippen LogP contribution >= 0.6 is 0 Å². The Morgan fingerprint density at radius 2 is 2.18 bits per heavy atom.